The third-order valence-electron chi connectivity index (χ3n) is 9.87. The molecule has 12 nitrogen and oxygen atoms in total. The van der Waals surface area contributed by atoms with Gasteiger partial charge in [0.1, 0.15) is 5.75 Å². The average Bonchev–Trinajstić information content (AvgIpc) is 3.28. The van der Waals surface area contributed by atoms with Gasteiger partial charge in [0, 0.05) is 69.7 Å². The third-order valence-corrected chi connectivity index (χ3v) is 9.87. The maximum atomic E-state index is 14.0. The molecular formula is C37H43N5O7. The third kappa shape index (κ3) is 7.58. The summed E-state index contributed by atoms with van der Waals surface area (Å²) in [6.07, 6.45) is 0.488. The van der Waals surface area contributed by atoms with Crippen LogP contribution in [-0.4, -0.2) is 107 Å². The molecule has 0 aromatic heterocycles. The summed E-state index contributed by atoms with van der Waals surface area (Å²) in [4.78, 5) is 59.2. The Bertz CT molecular complexity index is 1690. The van der Waals surface area contributed by atoms with Gasteiger partial charge in [-0.15, -0.1) is 0 Å². The summed E-state index contributed by atoms with van der Waals surface area (Å²) in [5.74, 6) is -1.07. The van der Waals surface area contributed by atoms with Gasteiger partial charge in [0.15, 0.2) is 6.10 Å². The van der Waals surface area contributed by atoms with Gasteiger partial charge in [-0.2, -0.15) is 0 Å². The van der Waals surface area contributed by atoms with E-state index in [1.807, 2.05) is 41.3 Å². The number of phenols is 1. The van der Waals surface area contributed by atoms with Crippen LogP contribution in [0.2, 0.25) is 0 Å². The molecule has 4 amide bonds. The number of benzene rings is 3. The molecule has 0 unspecified atom stereocenters. The molecule has 258 valence electrons. The molecule has 3 aromatic rings. The molecule has 3 aliphatic heterocycles. The zero-order valence-electron chi connectivity index (χ0n) is 27.9. The normalized spacial score (nSPS) is 17.6. The fraction of sp³-hybridized carbons (Fsp3) is 0.405. The maximum Gasteiger partial charge on any atom is 0.410 e. The first-order valence-corrected chi connectivity index (χ1v) is 16.8. The summed E-state index contributed by atoms with van der Waals surface area (Å²) >= 11 is 0. The average molecular weight is 670 g/mol. The molecule has 0 aliphatic carbocycles. The van der Waals surface area contributed by atoms with E-state index in [1.54, 1.807) is 47.9 Å². The zero-order chi connectivity index (χ0) is 34.7. The largest absolute Gasteiger partial charge is 0.507 e. The number of aromatic hydroxyl groups is 1. The van der Waals surface area contributed by atoms with Crippen LogP contribution in [0.25, 0.3) is 0 Å². The number of piperazine rings is 1. The Hall–Kier alpha value is -5.26. The first-order chi connectivity index (χ1) is 23.6. The minimum atomic E-state index is -1.06. The van der Waals surface area contributed by atoms with Crippen molar-refractivity contribution in [2.24, 2.45) is 0 Å². The Morgan fingerprint density at radius 1 is 0.878 bits per heavy atom. The number of fused-ring (bicyclic) bond motifs is 1. The van der Waals surface area contributed by atoms with Gasteiger partial charge < -0.3 is 39.9 Å². The van der Waals surface area contributed by atoms with Gasteiger partial charge in [-0.05, 0) is 85.7 Å². The van der Waals surface area contributed by atoms with E-state index in [4.69, 9.17) is 4.74 Å². The molecule has 3 N–H and O–H groups in total. The number of piperidine rings is 1. The van der Waals surface area contributed by atoms with Crippen LogP contribution in [0.15, 0.2) is 60.7 Å². The molecule has 6 rings (SSSR count). The number of anilines is 2. The highest BCUT2D eigenvalue weighted by atomic mass is 16.6. The molecular weight excluding hydrogens is 626 g/mol. The number of urea groups is 1. The monoisotopic (exact) mass is 669 g/mol. The number of carbonyl (C=O) groups is 4. The lowest BCUT2D eigenvalue weighted by Gasteiger charge is -2.39. The minimum Gasteiger partial charge on any atom is -0.507 e. The SMILES string of the molecule is Cc1cc(C[C@@H](OC(=O)N2CCC(N3CCc4ccccc4NC3=O)CC2)C(=O)N2CCN(c3ccc(C(=O)O)cc3)CC2)cc(C)c1O. The number of para-hydroxylation sites is 1. The molecule has 3 heterocycles. The van der Waals surface area contributed by atoms with Gasteiger partial charge in [-0.1, -0.05) is 30.3 Å². The fourth-order valence-electron chi connectivity index (χ4n) is 7.05. The molecule has 12 heteroatoms. The van der Waals surface area contributed by atoms with Crippen molar-refractivity contribution in [2.45, 2.75) is 51.7 Å². The number of likely N-dealkylation sites (tertiary alicyclic amines) is 1. The quantitative estimate of drug-likeness (QED) is 0.330. The number of nitrogens with zero attached hydrogens (tertiary/aromatic N) is 4. The Labute approximate surface area is 285 Å². The number of aryl methyl sites for hydroxylation is 2. The lowest BCUT2D eigenvalue weighted by atomic mass is 10.0. The van der Waals surface area contributed by atoms with Crippen molar-refractivity contribution < 1.29 is 34.1 Å². The Balaban J connectivity index is 1.10. The summed E-state index contributed by atoms with van der Waals surface area (Å²) in [5.41, 5.74) is 5.16. The van der Waals surface area contributed by atoms with E-state index in [9.17, 15) is 29.4 Å². The van der Waals surface area contributed by atoms with Crippen molar-refractivity contribution in [3.05, 3.63) is 88.5 Å². The van der Waals surface area contributed by atoms with Crippen LogP contribution in [0.3, 0.4) is 0 Å². The van der Waals surface area contributed by atoms with E-state index in [0.29, 0.717) is 69.8 Å². The van der Waals surface area contributed by atoms with Gasteiger partial charge in [0.05, 0.1) is 5.56 Å². The molecule has 2 saturated heterocycles. The van der Waals surface area contributed by atoms with Gasteiger partial charge in [0.2, 0.25) is 0 Å². The number of hydrogen-bond donors (Lipinski definition) is 3. The van der Waals surface area contributed by atoms with E-state index >= 15 is 0 Å². The van der Waals surface area contributed by atoms with Crippen LogP contribution in [0.1, 0.15) is 45.5 Å². The first kappa shape index (κ1) is 33.6. The standard InChI is InChI=1S/C37H43N5O7/c1-24-21-26(22-25(2)33(24)43)23-32(34(44)40-19-17-39(18-20-40)29-9-7-28(8-10-29)35(45)46)49-37(48)41-14-12-30(13-15-41)42-16-11-27-5-3-4-6-31(27)38-36(42)47/h3-10,21-22,30,32,43H,11-20,23H2,1-2H3,(H,38,47)(H,45,46)/t32-/m1/s1. The molecule has 2 fully saturated rings. The van der Waals surface area contributed by atoms with E-state index in [0.717, 1.165) is 28.9 Å². The lowest BCUT2D eigenvalue weighted by Crippen LogP contribution is -2.54. The first-order valence-electron chi connectivity index (χ1n) is 16.8. The lowest BCUT2D eigenvalue weighted by molar-refractivity contribution is -0.141. The van der Waals surface area contributed by atoms with Crippen molar-refractivity contribution in [2.75, 3.05) is 56.0 Å². The van der Waals surface area contributed by atoms with Crippen molar-refractivity contribution >= 4 is 35.4 Å². The summed E-state index contributed by atoms with van der Waals surface area (Å²) in [7, 11) is 0. The van der Waals surface area contributed by atoms with Crippen LogP contribution >= 0.6 is 0 Å². The van der Waals surface area contributed by atoms with Gasteiger partial charge >= 0.3 is 18.1 Å². The zero-order valence-corrected chi connectivity index (χ0v) is 27.9. The number of nitrogens with one attached hydrogen (secondary N) is 1. The van der Waals surface area contributed by atoms with Crippen LogP contribution in [-0.2, 0) is 22.4 Å². The predicted octanol–water partition coefficient (Wildman–Crippen LogP) is 4.66. The van der Waals surface area contributed by atoms with Crippen molar-refractivity contribution in [3.8, 4) is 5.75 Å². The highest BCUT2D eigenvalue weighted by Gasteiger charge is 2.35. The molecule has 1 atom stereocenters. The molecule has 3 aromatic carbocycles. The number of phenolic OH excluding ortho intramolecular Hbond substituents is 1. The number of amides is 4. The Morgan fingerprint density at radius 2 is 1.53 bits per heavy atom. The van der Waals surface area contributed by atoms with Crippen LogP contribution in [0.4, 0.5) is 21.0 Å². The van der Waals surface area contributed by atoms with Crippen molar-refractivity contribution in [1.82, 2.24) is 14.7 Å². The van der Waals surface area contributed by atoms with Crippen LogP contribution in [0.5, 0.6) is 5.75 Å². The van der Waals surface area contributed by atoms with Gasteiger partial charge in [0.25, 0.3) is 5.91 Å². The number of carbonyl (C=O) groups excluding carboxylic acids is 3. The number of hydrogen-bond acceptors (Lipinski definition) is 7. The Kier molecular flexibility index (Phi) is 9.93. The van der Waals surface area contributed by atoms with Crippen molar-refractivity contribution in [3.63, 3.8) is 0 Å². The fourth-order valence-corrected chi connectivity index (χ4v) is 7.05. The predicted molar refractivity (Wildman–Crippen MR) is 184 cm³/mol. The topological polar surface area (TPSA) is 143 Å². The second-order valence-corrected chi connectivity index (χ2v) is 13.1. The number of carboxylic acid groups (broad SMARTS) is 1. The van der Waals surface area contributed by atoms with Gasteiger partial charge in [-0.3, -0.25) is 4.79 Å². The number of ether oxygens (including phenoxy) is 1. The second-order valence-electron chi connectivity index (χ2n) is 13.1. The molecule has 0 bridgehead atoms. The highest BCUT2D eigenvalue weighted by molar-refractivity contribution is 5.91. The summed E-state index contributed by atoms with van der Waals surface area (Å²) in [6, 6.07) is 18.0. The molecule has 0 radical (unpaired) electrons. The number of aromatic carboxylic acids is 1. The maximum absolute atomic E-state index is 14.0. The Morgan fingerprint density at radius 3 is 2.18 bits per heavy atom. The van der Waals surface area contributed by atoms with E-state index in [2.05, 4.69) is 10.2 Å². The van der Waals surface area contributed by atoms with Gasteiger partial charge in [-0.25, -0.2) is 14.4 Å². The van der Waals surface area contributed by atoms with Crippen molar-refractivity contribution in [1.29, 1.82) is 0 Å². The number of carboxylic acids is 1. The summed E-state index contributed by atoms with van der Waals surface area (Å²) in [6.45, 7) is 6.89. The molecule has 3 aliphatic rings. The minimum absolute atomic E-state index is 0.0182. The molecule has 49 heavy (non-hydrogen) atoms. The summed E-state index contributed by atoms with van der Waals surface area (Å²) in [5, 5.41) is 22.6. The molecule has 0 saturated carbocycles. The smallest absolute Gasteiger partial charge is 0.410 e. The second kappa shape index (κ2) is 14.5. The van der Waals surface area contributed by atoms with E-state index in [-0.39, 0.29) is 35.7 Å². The highest BCUT2D eigenvalue weighted by Crippen LogP contribution is 2.27. The van der Waals surface area contributed by atoms with Crippen LogP contribution < -0.4 is 10.2 Å². The number of rotatable bonds is 7. The van der Waals surface area contributed by atoms with E-state index < -0.39 is 18.2 Å². The van der Waals surface area contributed by atoms with E-state index in [1.165, 1.54) is 0 Å². The molecule has 0 spiro atoms. The summed E-state index contributed by atoms with van der Waals surface area (Å²) < 4.78 is 6.00. The van der Waals surface area contributed by atoms with Crippen LogP contribution in [0, 0.1) is 13.8 Å².